The topological polar surface area (TPSA) is 12.0 Å². The summed E-state index contributed by atoms with van der Waals surface area (Å²) in [5, 5.41) is 3.61. The van der Waals surface area contributed by atoms with Crippen LogP contribution in [0.15, 0.2) is 73.5 Å². The van der Waals surface area contributed by atoms with Crippen LogP contribution in [0, 0.1) is 5.92 Å². The van der Waals surface area contributed by atoms with E-state index in [9.17, 15) is 0 Å². The van der Waals surface area contributed by atoms with Gasteiger partial charge in [-0.1, -0.05) is 87.2 Å². The lowest BCUT2D eigenvalue weighted by Crippen LogP contribution is -2.24. The van der Waals surface area contributed by atoms with E-state index in [1.54, 1.807) is 0 Å². The predicted molar refractivity (Wildman–Crippen MR) is 101 cm³/mol. The Kier molecular flexibility index (Phi) is 5.81. The van der Waals surface area contributed by atoms with E-state index in [1.807, 2.05) is 6.92 Å². The third-order valence-electron chi connectivity index (χ3n) is 4.15. The number of hydrogen-bond donors (Lipinski definition) is 1. The smallest absolute Gasteiger partial charge is 0.0551 e. The summed E-state index contributed by atoms with van der Waals surface area (Å²) in [5.74, 6) is 0.419. The van der Waals surface area contributed by atoms with Crippen LogP contribution in [0.5, 0.6) is 0 Å². The van der Waals surface area contributed by atoms with Crippen molar-refractivity contribution < 1.29 is 0 Å². The average molecular weight is 305 g/mol. The highest BCUT2D eigenvalue weighted by Crippen LogP contribution is 2.23. The molecule has 0 radical (unpaired) electrons. The number of rotatable bonds is 7. The van der Waals surface area contributed by atoms with Gasteiger partial charge in [0.15, 0.2) is 0 Å². The minimum absolute atomic E-state index is 0.228. The van der Waals surface area contributed by atoms with Gasteiger partial charge in [0.1, 0.15) is 0 Å². The molecule has 2 aromatic carbocycles. The van der Waals surface area contributed by atoms with Crippen molar-refractivity contribution in [2.24, 2.45) is 5.92 Å². The third kappa shape index (κ3) is 4.85. The van der Waals surface area contributed by atoms with Crippen molar-refractivity contribution >= 4 is 5.57 Å². The monoisotopic (exact) mass is 305 g/mol. The maximum Gasteiger partial charge on any atom is 0.0551 e. The number of nitrogens with one attached hydrogen (secondary N) is 1. The van der Waals surface area contributed by atoms with Crippen molar-refractivity contribution in [2.45, 2.75) is 33.2 Å². The first kappa shape index (κ1) is 17.1. The molecule has 0 saturated heterocycles. The zero-order valence-corrected chi connectivity index (χ0v) is 14.5. The van der Waals surface area contributed by atoms with Crippen LogP contribution >= 0.6 is 0 Å². The Labute approximate surface area is 140 Å². The molecular formula is C22H27N. The van der Waals surface area contributed by atoms with Gasteiger partial charge in [-0.2, -0.15) is 0 Å². The van der Waals surface area contributed by atoms with Gasteiger partial charge in [-0.25, -0.2) is 0 Å². The van der Waals surface area contributed by atoms with Gasteiger partial charge in [0.05, 0.1) is 6.04 Å². The van der Waals surface area contributed by atoms with Gasteiger partial charge in [-0.15, -0.1) is 0 Å². The Morgan fingerprint density at radius 2 is 1.57 bits per heavy atom. The summed E-state index contributed by atoms with van der Waals surface area (Å²) in [6, 6.07) is 19.5. The van der Waals surface area contributed by atoms with E-state index in [2.05, 4.69) is 86.9 Å². The second kappa shape index (κ2) is 7.82. The maximum absolute atomic E-state index is 4.18. The molecule has 0 spiro atoms. The molecule has 23 heavy (non-hydrogen) atoms. The van der Waals surface area contributed by atoms with E-state index >= 15 is 0 Å². The Morgan fingerprint density at radius 1 is 0.957 bits per heavy atom. The molecule has 0 amide bonds. The van der Waals surface area contributed by atoms with Gasteiger partial charge in [-0.3, -0.25) is 0 Å². The van der Waals surface area contributed by atoms with Gasteiger partial charge in [0, 0.05) is 5.70 Å². The summed E-state index contributed by atoms with van der Waals surface area (Å²) < 4.78 is 0. The molecular weight excluding hydrogens is 278 g/mol. The fraction of sp³-hybridized carbons (Fsp3) is 0.273. The molecule has 120 valence electrons. The molecule has 0 bridgehead atoms. The van der Waals surface area contributed by atoms with Crippen LogP contribution in [-0.4, -0.2) is 0 Å². The van der Waals surface area contributed by atoms with Crippen molar-refractivity contribution in [1.29, 1.82) is 0 Å². The first-order chi connectivity index (χ1) is 11.0. The van der Waals surface area contributed by atoms with Gasteiger partial charge in [-0.05, 0) is 36.0 Å². The van der Waals surface area contributed by atoms with Crippen LogP contribution in [-0.2, 0) is 6.42 Å². The second-order valence-corrected chi connectivity index (χ2v) is 6.47. The Bertz CT molecular complexity index is 650. The molecule has 0 heterocycles. The highest BCUT2D eigenvalue weighted by atomic mass is 14.9. The van der Waals surface area contributed by atoms with Crippen molar-refractivity contribution in [2.75, 3.05) is 0 Å². The fourth-order valence-electron chi connectivity index (χ4n) is 2.49. The lowest BCUT2D eigenvalue weighted by molar-refractivity contribution is 0.544. The van der Waals surface area contributed by atoms with E-state index in [-0.39, 0.29) is 6.04 Å². The zero-order chi connectivity index (χ0) is 16.8. The van der Waals surface area contributed by atoms with E-state index in [0.29, 0.717) is 5.92 Å². The molecule has 2 rings (SSSR count). The molecule has 1 atom stereocenters. The summed E-state index contributed by atoms with van der Waals surface area (Å²) >= 11 is 0. The lowest BCUT2D eigenvalue weighted by Gasteiger charge is -2.24. The van der Waals surface area contributed by atoms with Crippen LogP contribution < -0.4 is 5.32 Å². The van der Waals surface area contributed by atoms with E-state index in [4.69, 9.17) is 0 Å². The lowest BCUT2D eigenvalue weighted by atomic mass is 9.96. The minimum Gasteiger partial charge on any atom is -0.381 e. The highest BCUT2D eigenvalue weighted by molar-refractivity contribution is 5.61. The summed E-state index contributed by atoms with van der Waals surface area (Å²) in [6.07, 6.45) is 0.943. The van der Waals surface area contributed by atoms with Gasteiger partial charge in [0.2, 0.25) is 0 Å². The van der Waals surface area contributed by atoms with Crippen LogP contribution in [0.4, 0.5) is 0 Å². The Balaban J connectivity index is 2.24. The van der Waals surface area contributed by atoms with Crippen LogP contribution in [0.1, 0.15) is 43.5 Å². The molecule has 0 aliphatic heterocycles. The van der Waals surface area contributed by atoms with Crippen LogP contribution in [0.3, 0.4) is 0 Å². The predicted octanol–water partition coefficient (Wildman–Crippen LogP) is 5.76. The molecule has 0 aliphatic rings. The van der Waals surface area contributed by atoms with Gasteiger partial charge >= 0.3 is 0 Å². The molecule has 1 unspecified atom stereocenters. The van der Waals surface area contributed by atoms with E-state index in [0.717, 1.165) is 17.7 Å². The fourth-order valence-corrected chi connectivity index (χ4v) is 2.49. The first-order valence-corrected chi connectivity index (χ1v) is 8.22. The molecule has 0 saturated carbocycles. The molecule has 1 heteroatoms. The SMILES string of the molecule is C=C(C)c1ccc(C(Cc2ccccc2)NC(=C)C(C)C)cc1. The highest BCUT2D eigenvalue weighted by Gasteiger charge is 2.14. The van der Waals surface area contributed by atoms with Crippen LogP contribution in [0.25, 0.3) is 5.57 Å². The maximum atomic E-state index is 4.18. The van der Waals surface area contributed by atoms with Crippen LogP contribution in [0.2, 0.25) is 0 Å². The standard InChI is InChI=1S/C22H27N/c1-16(2)18(5)23-22(15-19-9-7-6-8-10-19)21-13-11-20(12-14-21)17(3)4/h6-14,16,22-23H,3,5,15H2,1-2,4H3. The first-order valence-electron chi connectivity index (χ1n) is 8.22. The van der Waals surface area contributed by atoms with Crippen molar-refractivity contribution in [3.8, 4) is 0 Å². The zero-order valence-electron chi connectivity index (χ0n) is 14.5. The molecule has 1 nitrogen and oxygen atoms in total. The van der Waals surface area contributed by atoms with E-state index < -0.39 is 0 Å². The van der Waals surface area contributed by atoms with Crippen molar-refractivity contribution in [1.82, 2.24) is 5.32 Å². The molecule has 1 N–H and O–H groups in total. The summed E-state index contributed by atoms with van der Waals surface area (Å²) in [7, 11) is 0. The molecule has 0 aliphatic carbocycles. The van der Waals surface area contributed by atoms with E-state index in [1.165, 1.54) is 16.7 Å². The summed E-state index contributed by atoms with van der Waals surface area (Å²) in [6.45, 7) is 14.6. The summed E-state index contributed by atoms with van der Waals surface area (Å²) in [4.78, 5) is 0. The normalized spacial score (nSPS) is 12.0. The third-order valence-corrected chi connectivity index (χ3v) is 4.15. The minimum atomic E-state index is 0.228. The Morgan fingerprint density at radius 3 is 2.09 bits per heavy atom. The molecule has 0 aromatic heterocycles. The van der Waals surface area contributed by atoms with Gasteiger partial charge < -0.3 is 5.32 Å². The molecule has 2 aromatic rings. The molecule has 0 fully saturated rings. The largest absolute Gasteiger partial charge is 0.381 e. The van der Waals surface area contributed by atoms with Gasteiger partial charge in [0.25, 0.3) is 0 Å². The number of benzene rings is 2. The average Bonchev–Trinajstić information content (AvgIpc) is 2.55. The van der Waals surface area contributed by atoms with Crippen molar-refractivity contribution in [3.05, 3.63) is 90.1 Å². The quantitative estimate of drug-likeness (QED) is 0.685. The summed E-state index contributed by atoms with van der Waals surface area (Å²) in [5.41, 5.74) is 5.96. The number of hydrogen-bond acceptors (Lipinski definition) is 1. The van der Waals surface area contributed by atoms with Crippen molar-refractivity contribution in [3.63, 3.8) is 0 Å². The number of allylic oxidation sites excluding steroid dienone is 2. The second-order valence-electron chi connectivity index (χ2n) is 6.47. The Hall–Kier alpha value is -2.28.